The Balaban J connectivity index is 2.64. The van der Waals surface area contributed by atoms with Gasteiger partial charge in [0.05, 0.1) is 0 Å². The summed E-state index contributed by atoms with van der Waals surface area (Å²) in [5.74, 6) is 0.103. The van der Waals surface area contributed by atoms with Crippen molar-refractivity contribution in [3.8, 4) is 5.75 Å². The lowest BCUT2D eigenvalue weighted by molar-refractivity contribution is 0.0940. The number of rotatable bonds is 6. The van der Waals surface area contributed by atoms with E-state index in [1.165, 1.54) is 6.07 Å². The lowest BCUT2D eigenvalue weighted by atomic mass is 10.1. The van der Waals surface area contributed by atoms with Crippen molar-refractivity contribution in [2.45, 2.75) is 32.7 Å². The van der Waals surface area contributed by atoms with Crippen LogP contribution in [0, 0.1) is 6.92 Å². The van der Waals surface area contributed by atoms with Crippen LogP contribution in [0.1, 0.15) is 35.7 Å². The Hall–Kier alpha value is -1.55. The first-order chi connectivity index (χ1) is 8.95. The number of aryl methyl sites for hydroxylation is 1. The lowest BCUT2D eigenvalue weighted by Crippen LogP contribution is -2.40. The highest BCUT2D eigenvalue weighted by Gasteiger charge is 2.14. The second-order valence-corrected chi connectivity index (χ2v) is 5.12. The second-order valence-electron chi connectivity index (χ2n) is 5.12. The largest absolute Gasteiger partial charge is 0.508 e. The van der Waals surface area contributed by atoms with Crippen LogP contribution in [-0.4, -0.2) is 42.6 Å². The average Bonchev–Trinajstić information content (AvgIpc) is 2.33. The molecule has 1 rings (SSSR count). The maximum atomic E-state index is 12.1. The van der Waals surface area contributed by atoms with E-state index < -0.39 is 0 Å². The molecule has 4 nitrogen and oxygen atoms in total. The summed E-state index contributed by atoms with van der Waals surface area (Å²) < 4.78 is 0. The topological polar surface area (TPSA) is 52.6 Å². The standard InChI is InChI=1S/C15H24N2O2/c1-5-6-12(17(3)4)10-16-15(19)14-8-7-13(18)9-11(14)2/h7-9,12,18H,5-6,10H2,1-4H3,(H,16,19). The summed E-state index contributed by atoms with van der Waals surface area (Å²) in [6.45, 7) is 4.60. The number of aromatic hydroxyl groups is 1. The van der Waals surface area contributed by atoms with Crippen LogP contribution in [0.2, 0.25) is 0 Å². The first-order valence-electron chi connectivity index (χ1n) is 6.70. The Bertz CT molecular complexity index is 430. The van der Waals surface area contributed by atoms with Gasteiger partial charge in [0.1, 0.15) is 5.75 Å². The molecule has 0 aliphatic heterocycles. The van der Waals surface area contributed by atoms with Gasteiger partial charge in [-0.15, -0.1) is 0 Å². The Morgan fingerprint density at radius 3 is 2.63 bits per heavy atom. The van der Waals surface area contributed by atoms with E-state index in [0.29, 0.717) is 18.2 Å². The third kappa shape index (κ3) is 4.56. The van der Waals surface area contributed by atoms with Crippen molar-refractivity contribution in [2.75, 3.05) is 20.6 Å². The van der Waals surface area contributed by atoms with Gasteiger partial charge >= 0.3 is 0 Å². The number of phenols is 1. The molecule has 0 aliphatic carbocycles. The fourth-order valence-corrected chi connectivity index (χ4v) is 2.08. The zero-order valence-corrected chi connectivity index (χ0v) is 12.2. The highest BCUT2D eigenvalue weighted by Crippen LogP contribution is 2.15. The van der Waals surface area contributed by atoms with E-state index in [9.17, 15) is 9.90 Å². The molecule has 1 unspecified atom stereocenters. The van der Waals surface area contributed by atoms with Crippen molar-refractivity contribution in [3.05, 3.63) is 29.3 Å². The van der Waals surface area contributed by atoms with Gasteiger partial charge in [-0.2, -0.15) is 0 Å². The summed E-state index contributed by atoms with van der Waals surface area (Å²) in [6, 6.07) is 5.15. The van der Waals surface area contributed by atoms with E-state index in [4.69, 9.17) is 0 Å². The molecule has 4 heteroatoms. The van der Waals surface area contributed by atoms with Crippen LogP contribution in [0.15, 0.2) is 18.2 Å². The number of nitrogens with one attached hydrogen (secondary N) is 1. The SMILES string of the molecule is CCCC(CNC(=O)c1ccc(O)cc1C)N(C)C. The Morgan fingerprint density at radius 1 is 1.42 bits per heavy atom. The maximum absolute atomic E-state index is 12.1. The van der Waals surface area contributed by atoms with E-state index in [0.717, 1.165) is 18.4 Å². The molecule has 1 aromatic carbocycles. The van der Waals surface area contributed by atoms with Gasteiger partial charge in [-0.25, -0.2) is 0 Å². The zero-order chi connectivity index (χ0) is 14.4. The number of amides is 1. The molecule has 0 spiro atoms. The quantitative estimate of drug-likeness (QED) is 0.828. The molecule has 0 aliphatic rings. The number of hydrogen-bond acceptors (Lipinski definition) is 3. The van der Waals surface area contributed by atoms with E-state index in [-0.39, 0.29) is 11.7 Å². The Labute approximate surface area is 115 Å². The first-order valence-corrected chi connectivity index (χ1v) is 6.70. The Morgan fingerprint density at radius 2 is 2.11 bits per heavy atom. The molecular formula is C15H24N2O2. The molecule has 0 radical (unpaired) electrons. The van der Waals surface area contributed by atoms with E-state index >= 15 is 0 Å². The third-order valence-corrected chi connectivity index (χ3v) is 3.31. The predicted molar refractivity (Wildman–Crippen MR) is 77.6 cm³/mol. The van der Waals surface area contributed by atoms with Crippen LogP contribution in [-0.2, 0) is 0 Å². The van der Waals surface area contributed by atoms with E-state index in [1.807, 2.05) is 21.0 Å². The van der Waals surface area contributed by atoms with Gasteiger partial charge in [0.25, 0.3) is 5.91 Å². The van der Waals surface area contributed by atoms with Crippen LogP contribution in [0.5, 0.6) is 5.75 Å². The van der Waals surface area contributed by atoms with Gasteiger partial charge in [0.15, 0.2) is 0 Å². The van der Waals surface area contributed by atoms with Crippen molar-refractivity contribution in [3.63, 3.8) is 0 Å². The summed E-state index contributed by atoms with van der Waals surface area (Å²) in [7, 11) is 4.05. The number of carbonyl (C=O) groups excluding carboxylic acids is 1. The van der Waals surface area contributed by atoms with Gasteiger partial charge < -0.3 is 15.3 Å². The molecule has 0 heterocycles. The molecule has 106 valence electrons. The minimum absolute atomic E-state index is 0.0829. The van der Waals surface area contributed by atoms with Crippen LogP contribution in [0.4, 0.5) is 0 Å². The second kappa shape index (κ2) is 7.14. The number of phenolic OH excluding ortho intramolecular Hbond substituents is 1. The zero-order valence-electron chi connectivity index (χ0n) is 12.2. The van der Waals surface area contributed by atoms with Crippen LogP contribution >= 0.6 is 0 Å². The molecule has 1 atom stereocenters. The molecule has 0 bridgehead atoms. The molecule has 0 aromatic heterocycles. The number of likely N-dealkylation sites (N-methyl/N-ethyl adjacent to an activating group) is 1. The van der Waals surface area contributed by atoms with E-state index in [2.05, 4.69) is 17.1 Å². The van der Waals surface area contributed by atoms with Crippen molar-refractivity contribution in [1.82, 2.24) is 10.2 Å². The van der Waals surface area contributed by atoms with Crippen molar-refractivity contribution in [2.24, 2.45) is 0 Å². The molecular weight excluding hydrogens is 240 g/mol. The number of carbonyl (C=O) groups is 1. The molecule has 0 saturated heterocycles. The molecule has 0 fully saturated rings. The minimum Gasteiger partial charge on any atom is -0.508 e. The normalized spacial score (nSPS) is 12.5. The van der Waals surface area contributed by atoms with Gasteiger partial charge in [0, 0.05) is 18.2 Å². The van der Waals surface area contributed by atoms with E-state index in [1.54, 1.807) is 12.1 Å². The number of nitrogens with zero attached hydrogens (tertiary/aromatic N) is 1. The van der Waals surface area contributed by atoms with Gasteiger partial charge in [-0.05, 0) is 51.2 Å². The van der Waals surface area contributed by atoms with Crippen molar-refractivity contribution < 1.29 is 9.90 Å². The summed E-state index contributed by atoms with van der Waals surface area (Å²) in [4.78, 5) is 14.2. The number of hydrogen-bond donors (Lipinski definition) is 2. The highest BCUT2D eigenvalue weighted by molar-refractivity contribution is 5.95. The Kier molecular flexibility index (Phi) is 5.83. The smallest absolute Gasteiger partial charge is 0.251 e. The average molecular weight is 264 g/mol. The summed E-state index contributed by atoms with van der Waals surface area (Å²) in [5, 5.41) is 12.3. The summed E-state index contributed by atoms with van der Waals surface area (Å²) in [5.41, 5.74) is 1.40. The van der Waals surface area contributed by atoms with Gasteiger partial charge in [-0.1, -0.05) is 13.3 Å². The summed E-state index contributed by atoms with van der Waals surface area (Å²) in [6.07, 6.45) is 2.15. The monoisotopic (exact) mass is 264 g/mol. The maximum Gasteiger partial charge on any atom is 0.251 e. The fraction of sp³-hybridized carbons (Fsp3) is 0.533. The van der Waals surface area contributed by atoms with Crippen molar-refractivity contribution in [1.29, 1.82) is 0 Å². The molecule has 19 heavy (non-hydrogen) atoms. The third-order valence-electron chi connectivity index (χ3n) is 3.31. The van der Waals surface area contributed by atoms with Crippen molar-refractivity contribution >= 4 is 5.91 Å². The molecule has 2 N–H and O–H groups in total. The highest BCUT2D eigenvalue weighted by atomic mass is 16.3. The molecule has 1 aromatic rings. The summed E-state index contributed by atoms with van der Waals surface area (Å²) >= 11 is 0. The van der Waals surface area contributed by atoms with Crippen LogP contribution in [0.25, 0.3) is 0 Å². The van der Waals surface area contributed by atoms with Crippen LogP contribution in [0.3, 0.4) is 0 Å². The fourth-order valence-electron chi connectivity index (χ4n) is 2.08. The predicted octanol–water partition coefficient (Wildman–Crippen LogP) is 2.16. The lowest BCUT2D eigenvalue weighted by Gasteiger charge is -2.24. The van der Waals surface area contributed by atoms with Gasteiger partial charge in [0.2, 0.25) is 0 Å². The molecule has 0 saturated carbocycles. The van der Waals surface area contributed by atoms with Crippen LogP contribution < -0.4 is 5.32 Å². The minimum atomic E-state index is -0.0829. The van der Waals surface area contributed by atoms with Gasteiger partial charge in [-0.3, -0.25) is 4.79 Å². The molecule has 1 amide bonds. The number of benzene rings is 1. The first kappa shape index (κ1) is 15.5.